The smallest absolute Gasteiger partial charge is 0.166 e. The summed E-state index contributed by atoms with van der Waals surface area (Å²) in [6.45, 7) is 2.72. The molecule has 1 aromatic carbocycles. The number of halogens is 1. The number of aliphatic hydroxyl groups excluding tert-OH is 2. The van der Waals surface area contributed by atoms with Crippen LogP contribution in [0.3, 0.4) is 0 Å². The molecule has 0 aliphatic rings. The third-order valence-corrected chi connectivity index (χ3v) is 4.36. The second-order valence-corrected chi connectivity index (χ2v) is 6.77. The van der Waals surface area contributed by atoms with Crippen LogP contribution in [0.4, 0.5) is 4.39 Å². The highest BCUT2D eigenvalue weighted by atomic mass is 32.1. The SMILES string of the molecule is CCCCCCCCNC(=S)NC(CO)C(O)C=Cc1ccc(F)cc1. The minimum absolute atomic E-state index is 0.256. The maximum absolute atomic E-state index is 12.9. The Bertz CT molecular complexity index is 537. The van der Waals surface area contributed by atoms with Gasteiger partial charge in [-0.1, -0.05) is 63.3 Å². The van der Waals surface area contributed by atoms with Crippen molar-refractivity contribution in [2.24, 2.45) is 0 Å². The lowest BCUT2D eigenvalue weighted by Crippen LogP contribution is -2.49. The second-order valence-electron chi connectivity index (χ2n) is 6.36. The van der Waals surface area contributed by atoms with Gasteiger partial charge in [-0.3, -0.25) is 0 Å². The molecule has 0 spiro atoms. The van der Waals surface area contributed by atoms with E-state index in [1.807, 2.05) is 0 Å². The Kier molecular flexibility index (Phi) is 11.9. The zero-order valence-electron chi connectivity index (χ0n) is 15.5. The van der Waals surface area contributed by atoms with Crippen LogP contribution in [0.2, 0.25) is 0 Å². The van der Waals surface area contributed by atoms with E-state index in [-0.39, 0.29) is 12.4 Å². The van der Waals surface area contributed by atoms with Crippen molar-refractivity contribution in [3.05, 3.63) is 41.7 Å². The Morgan fingerprint density at radius 2 is 1.81 bits per heavy atom. The molecule has 2 unspecified atom stereocenters. The van der Waals surface area contributed by atoms with E-state index in [0.717, 1.165) is 18.5 Å². The number of hydrogen-bond acceptors (Lipinski definition) is 3. The summed E-state index contributed by atoms with van der Waals surface area (Å²) in [5.41, 5.74) is 0.769. The van der Waals surface area contributed by atoms with Crippen molar-refractivity contribution in [3.8, 4) is 0 Å². The number of rotatable bonds is 12. The Labute approximate surface area is 161 Å². The van der Waals surface area contributed by atoms with Gasteiger partial charge in [-0.25, -0.2) is 4.39 Å². The van der Waals surface area contributed by atoms with Crippen LogP contribution in [0, 0.1) is 5.82 Å². The molecule has 4 N–H and O–H groups in total. The predicted octanol–water partition coefficient (Wildman–Crippen LogP) is 3.39. The molecular weight excluding hydrogens is 351 g/mol. The summed E-state index contributed by atoms with van der Waals surface area (Å²) in [6, 6.07) is 5.35. The van der Waals surface area contributed by atoms with Gasteiger partial charge in [0.15, 0.2) is 5.11 Å². The molecular formula is C20H31FN2O2S. The molecule has 0 saturated heterocycles. The van der Waals surface area contributed by atoms with E-state index in [1.54, 1.807) is 24.3 Å². The quantitative estimate of drug-likeness (QED) is 0.330. The fraction of sp³-hybridized carbons (Fsp3) is 0.550. The number of aliphatic hydroxyl groups is 2. The lowest BCUT2D eigenvalue weighted by Gasteiger charge is -2.22. The highest BCUT2D eigenvalue weighted by Gasteiger charge is 2.16. The van der Waals surface area contributed by atoms with E-state index in [9.17, 15) is 14.6 Å². The Balaban J connectivity index is 2.30. The van der Waals surface area contributed by atoms with Gasteiger partial charge in [0.1, 0.15) is 5.82 Å². The third-order valence-electron chi connectivity index (χ3n) is 4.10. The monoisotopic (exact) mass is 382 g/mol. The Morgan fingerprint density at radius 3 is 2.46 bits per heavy atom. The first-order chi connectivity index (χ1) is 12.6. The minimum atomic E-state index is -0.918. The lowest BCUT2D eigenvalue weighted by molar-refractivity contribution is 0.134. The predicted molar refractivity (Wildman–Crippen MR) is 109 cm³/mol. The first-order valence-corrected chi connectivity index (χ1v) is 9.74. The molecule has 146 valence electrons. The normalized spacial score (nSPS) is 13.5. The number of benzene rings is 1. The summed E-state index contributed by atoms with van der Waals surface area (Å²) in [4.78, 5) is 0. The maximum atomic E-state index is 12.9. The molecule has 1 rings (SSSR count). The van der Waals surface area contributed by atoms with Gasteiger partial charge in [0.25, 0.3) is 0 Å². The van der Waals surface area contributed by atoms with Crippen molar-refractivity contribution in [1.82, 2.24) is 10.6 Å². The Morgan fingerprint density at radius 1 is 1.15 bits per heavy atom. The molecule has 0 aromatic heterocycles. The molecule has 6 heteroatoms. The molecule has 1 aromatic rings. The van der Waals surface area contributed by atoms with Crippen LogP contribution in [-0.2, 0) is 0 Å². The zero-order valence-corrected chi connectivity index (χ0v) is 16.3. The lowest BCUT2D eigenvalue weighted by atomic mass is 10.1. The van der Waals surface area contributed by atoms with Crippen molar-refractivity contribution in [3.63, 3.8) is 0 Å². The van der Waals surface area contributed by atoms with Crippen molar-refractivity contribution in [1.29, 1.82) is 0 Å². The summed E-state index contributed by atoms with van der Waals surface area (Å²) in [7, 11) is 0. The minimum Gasteiger partial charge on any atom is -0.394 e. The van der Waals surface area contributed by atoms with Gasteiger partial charge in [-0.2, -0.15) is 0 Å². The van der Waals surface area contributed by atoms with Crippen molar-refractivity contribution in [2.75, 3.05) is 13.2 Å². The summed E-state index contributed by atoms with van der Waals surface area (Å²) < 4.78 is 12.9. The second kappa shape index (κ2) is 13.7. The van der Waals surface area contributed by atoms with Crippen LogP contribution in [0.15, 0.2) is 30.3 Å². The van der Waals surface area contributed by atoms with Gasteiger partial charge in [-0.05, 0) is 36.3 Å². The van der Waals surface area contributed by atoms with Gasteiger partial charge in [0, 0.05) is 6.54 Å². The van der Waals surface area contributed by atoms with Crippen molar-refractivity contribution < 1.29 is 14.6 Å². The number of nitrogens with one attached hydrogen (secondary N) is 2. The molecule has 2 atom stereocenters. The highest BCUT2D eigenvalue weighted by molar-refractivity contribution is 7.80. The van der Waals surface area contributed by atoms with E-state index in [4.69, 9.17) is 12.2 Å². The molecule has 0 amide bonds. The first-order valence-electron chi connectivity index (χ1n) is 9.34. The van der Waals surface area contributed by atoms with Gasteiger partial charge < -0.3 is 20.8 Å². The van der Waals surface area contributed by atoms with Crippen LogP contribution in [-0.4, -0.2) is 40.6 Å². The van der Waals surface area contributed by atoms with E-state index in [0.29, 0.717) is 5.11 Å². The fourth-order valence-corrected chi connectivity index (χ4v) is 2.74. The molecule has 0 aliphatic heterocycles. The molecule has 0 fully saturated rings. The molecule has 0 bridgehead atoms. The largest absolute Gasteiger partial charge is 0.394 e. The van der Waals surface area contributed by atoms with E-state index in [1.165, 1.54) is 44.2 Å². The molecule has 0 saturated carbocycles. The van der Waals surface area contributed by atoms with Crippen LogP contribution in [0.25, 0.3) is 6.08 Å². The molecule has 26 heavy (non-hydrogen) atoms. The summed E-state index contributed by atoms with van der Waals surface area (Å²) in [6.07, 6.45) is 9.57. The fourth-order valence-electron chi connectivity index (χ4n) is 2.48. The van der Waals surface area contributed by atoms with Gasteiger partial charge in [0.05, 0.1) is 18.8 Å². The van der Waals surface area contributed by atoms with Crippen molar-refractivity contribution >= 4 is 23.4 Å². The van der Waals surface area contributed by atoms with Crippen LogP contribution >= 0.6 is 12.2 Å². The van der Waals surface area contributed by atoms with Crippen LogP contribution in [0.1, 0.15) is 51.0 Å². The zero-order chi connectivity index (χ0) is 19.2. The summed E-state index contributed by atoms with van der Waals surface area (Å²) in [5.74, 6) is -0.306. The van der Waals surface area contributed by atoms with E-state index < -0.39 is 12.1 Å². The average Bonchev–Trinajstić information content (AvgIpc) is 2.64. The number of unbranched alkanes of at least 4 members (excludes halogenated alkanes) is 5. The molecule has 0 aliphatic carbocycles. The van der Waals surface area contributed by atoms with Crippen molar-refractivity contribution in [2.45, 2.75) is 57.6 Å². The topological polar surface area (TPSA) is 64.5 Å². The molecule has 4 nitrogen and oxygen atoms in total. The van der Waals surface area contributed by atoms with Gasteiger partial charge in [0.2, 0.25) is 0 Å². The molecule has 0 heterocycles. The van der Waals surface area contributed by atoms with Crippen LogP contribution in [0.5, 0.6) is 0 Å². The van der Waals surface area contributed by atoms with Gasteiger partial charge in [-0.15, -0.1) is 0 Å². The maximum Gasteiger partial charge on any atom is 0.166 e. The average molecular weight is 383 g/mol. The number of hydrogen-bond donors (Lipinski definition) is 4. The summed E-state index contributed by atoms with van der Waals surface area (Å²) >= 11 is 5.22. The van der Waals surface area contributed by atoms with E-state index in [2.05, 4.69) is 17.6 Å². The summed E-state index contributed by atoms with van der Waals surface area (Å²) in [5, 5.41) is 26.1. The van der Waals surface area contributed by atoms with Crippen LogP contribution < -0.4 is 10.6 Å². The number of thiocarbonyl (C=S) groups is 1. The standard InChI is InChI=1S/C20H31FN2O2S/c1-2-3-4-5-6-7-14-22-20(26)23-18(15-24)19(25)13-10-16-8-11-17(21)12-9-16/h8-13,18-19,24-25H,2-7,14-15H2,1H3,(H2,22,23,26). The third kappa shape index (κ3) is 9.85. The highest BCUT2D eigenvalue weighted by Crippen LogP contribution is 2.07. The van der Waals surface area contributed by atoms with Gasteiger partial charge >= 0.3 is 0 Å². The van der Waals surface area contributed by atoms with E-state index >= 15 is 0 Å². The molecule has 0 radical (unpaired) electrons. The first kappa shape index (κ1) is 22.5. The Hall–Kier alpha value is -1.50.